The Hall–Kier alpha value is -3.56. The predicted octanol–water partition coefficient (Wildman–Crippen LogP) is 4.25. The molecule has 8 nitrogen and oxygen atoms in total. The third-order valence-electron chi connectivity index (χ3n) is 7.22. The first-order valence-corrected chi connectivity index (χ1v) is 12.8. The smallest absolute Gasteiger partial charge is 0.255 e. The van der Waals surface area contributed by atoms with Crippen LogP contribution < -0.4 is 10.1 Å². The summed E-state index contributed by atoms with van der Waals surface area (Å²) in [7, 11) is 0. The zero-order valence-corrected chi connectivity index (χ0v) is 21.2. The SMILES string of the molecule is CCC(=O)N1CC[C@@H](NC(=O)c2c(C)[nH]c3c(-c4c(OCC5CC5)ccc(C)c4F)ncnc23)[C@H](F)C1. The van der Waals surface area contributed by atoms with Crippen molar-refractivity contribution >= 4 is 22.8 Å². The summed E-state index contributed by atoms with van der Waals surface area (Å²) in [4.78, 5) is 38.6. The second-order valence-electron chi connectivity index (χ2n) is 9.97. The highest BCUT2D eigenvalue weighted by molar-refractivity contribution is 6.09. The number of carbonyl (C=O) groups is 2. The summed E-state index contributed by atoms with van der Waals surface area (Å²) < 4.78 is 36.3. The second-order valence-corrected chi connectivity index (χ2v) is 9.97. The highest BCUT2D eigenvalue weighted by atomic mass is 19.1. The Labute approximate surface area is 213 Å². The molecule has 1 aliphatic heterocycles. The van der Waals surface area contributed by atoms with Gasteiger partial charge in [-0.3, -0.25) is 9.59 Å². The zero-order valence-electron chi connectivity index (χ0n) is 21.2. The van der Waals surface area contributed by atoms with Gasteiger partial charge in [-0.15, -0.1) is 0 Å². The molecular formula is C27H31F2N5O3. The summed E-state index contributed by atoms with van der Waals surface area (Å²) in [6.07, 6.45) is 2.75. The molecule has 0 bridgehead atoms. The molecule has 2 atom stereocenters. The van der Waals surface area contributed by atoms with Crippen LogP contribution in [0.1, 0.15) is 54.2 Å². The summed E-state index contributed by atoms with van der Waals surface area (Å²) in [6, 6.07) is 2.69. The number of hydrogen-bond donors (Lipinski definition) is 2. The Kier molecular flexibility index (Phi) is 6.83. The topological polar surface area (TPSA) is 100 Å². The van der Waals surface area contributed by atoms with E-state index in [4.69, 9.17) is 4.74 Å². The van der Waals surface area contributed by atoms with Gasteiger partial charge in [0.25, 0.3) is 5.91 Å². The molecule has 3 aromatic rings. The number of hydrogen-bond acceptors (Lipinski definition) is 5. The largest absolute Gasteiger partial charge is 0.492 e. The van der Waals surface area contributed by atoms with E-state index in [9.17, 15) is 14.0 Å². The maximum atomic E-state index is 15.4. The van der Waals surface area contributed by atoms with Gasteiger partial charge in [0.05, 0.1) is 35.8 Å². The van der Waals surface area contributed by atoms with Gasteiger partial charge < -0.3 is 19.9 Å². The van der Waals surface area contributed by atoms with Crippen LogP contribution in [-0.4, -0.2) is 63.6 Å². The van der Waals surface area contributed by atoms with Gasteiger partial charge in [0, 0.05) is 18.7 Å². The van der Waals surface area contributed by atoms with Crippen molar-refractivity contribution in [3.8, 4) is 17.0 Å². The molecule has 1 aromatic carbocycles. The van der Waals surface area contributed by atoms with Crippen LogP contribution in [0.2, 0.25) is 0 Å². The monoisotopic (exact) mass is 511 g/mol. The number of ether oxygens (including phenoxy) is 1. The van der Waals surface area contributed by atoms with Crippen LogP contribution >= 0.6 is 0 Å². The van der Waals surface area contributed by atoms with E-state index >= 15 is 4.39 Å². The number of benzene rings is 1. The van der Waals surface area contributed by atoms with E-state index in [-0.39, 0.29) is 23.6 Å². The minimum absolute atomic E-state index is 0.0485. The number of amides is 2. The van der Waals surface area contributed by atoms with Crippen molar-refractivity contribution in [1.82, 2.24) is 25.2 Å². The van der Waals surface area contributed by atoms with Crippen molar-refractivity contribution < 1.29 is 23.1 Å². The zero-order chi connectivity index (χ0) is 26.3. The van der Waals surface area contributed by atoms with Gasteiger partial charge in [-0.25, -0.2) is 18.7 Å². The number of fused-ring (bicyclic) bond motifs is 1. The van der Waals surface area contributed by atoms with Gasteiger partial charge in [-0.1, -0.05) is 13.0 Å². The van der Waals surface area contributed by atoms with E-state index in [0.29, 0.717) is 65.6 Å². The van der Waals surface area contributed by atoms with Gasteiger partial charge in [-0.05, 0) is 50.7 Å². The van der Waals surface area contributed by atoms with Crippen LogP contribution in [0.3, 0.4) is 0 Å². The molecular weight excluding hydrogens is 480 g/mol. The van der Waals surface area contributed by atoms with Crippen molar-refractivity contribution in [2.24, 2.45) is 5.92 Å². The average molecular weight is 512 g/mol. The molecule has 2 aliphatic rings. The van der Waals surface area contributed by atoms with Crippen molar-refractivity contribution in [3.05, 3.63) is 41.1 Å². The number of aromatic amines is 1. The quantitative estimate of drug-likeness (QED) is 0.494. The second kappa shape index (κ2) is 10.1. The molecule has 1 saturated carbocycles. The lowest BCUT2D eigenvalue weighted by Gasteiger charge is -2.35. The van der Waals surface area contributed by atoms with Crippen molar-refractivity contribution in [1.29, 1.82) is 0 Å². The lowest BCUT2D eigenvalue weighted by Crippen LogP contribution is -2.53. The number of rotatable bonds is 7. The fourth-order valence-electron chi connectivity index (χ4n) is 4.84. The van der Waals surface area contributed by atoms with E-state index in [1.54, 1.807) is 32.9 Å². The number of aromatic nitrogens is 3. The third-order valence-corrected chi connectivity index (χ3v) is 7.22. The van der Waals surface area contributed by atoms with Gasteiger partial charge in [0.2, 0.25) is 5.91 Å². The number of likely N-dealkylation sites (tertiary alicyclic amines) is 1. The number of nitrogens with one attached hydrogen (secondary N) is 2. The number of halogens is 2. The minimum atomic E-state index is -1.38. The lowest BCUT2D eigenvalue weighted by atomic mass is 10.0. The van der Waals surface area contributed by atoms with Gasteiger partial charge in [0.15, 0.2) is 0 Å². The number of H-pyrrole nitrogens is 1. The molecule has 2 amide bonds. The van der Waals surface area contributed by atoms with Crippen LogP contribution in [0.5, 0.6) is 5.75 Å². The first kappa shape index (κ1) is 25.1. The summed E-state index contributed by atoms with van der Waals surface area (Å²) in [5, 5.41) is 2.78. The van der Waals surface area contributed by atoms with E-state index < -0.39 is 23.9 Å². The maximum absolute atomic E-state index is 15.4. The Balaban J connectivity index is 1.45. The van der Waals surface area contributed by atoms with Crippen LogP contribution in [0.15, 0.2) is 18.5 Å². The Morgan fingerprint density at radius 2 is 2.00 bits per heavy atom. The molecule has 2 aromatic heterocycles. The summed E-state index contributed by atoms with van der Waals surface area (Å²) in [5.74, 6) is -0.154. The molecule has 0 radical (unpaired) electrons. The van der Waals surface area contributed by atoms with E-state index in [0.717, 1.165) is 12.8 Å². The van der Waals surface area contributed by atoms with Crippen molar-refractivity contribution in [3.63, 3.8) is 0 Å². The standard InChI is InChI=1S/C27H31F2N5O3/c1-4-20(35)34-10-9-18(17(28)11-34)33-27(36)21-15(3)32-26-24(21)30-13-31-25(26)22-19(37-12-16-6-7-16)8-5-14(2)23(22)29/h5,8,13,16-18,32H,4,6-7,9-12H2,1-3H3,(H,33,36)/t17-,18-/m1/s1. The van der Waals surface area contributed by atoms with E-state index in [1.807, 2.05) is 0 Å². The normalized spacial score (nSPS) is 19.8. The minimum Gasteiger partial charge on any atom is -0.492 e. The Bertz CT molecular complexity index is 1350. The maximum Gasteiger partial charge on any atom is 0.255 e. The molecule has 0 unspecified atom stereocenters. The van der Waals surface area contributed by atoms with Crippen LogP contribution in [0.25, 0.3) is 22.3 Å². The molecule has 10 heteroatoms. The highest BCUT2D eigenvalue weighted by Gasteiger charge is 2.33. The van der Waals surface area contributed by atoms with E-state index in [1.165, 1.54) is 11.2 Å². The van der Waals surface area contributed by atoms with Crippen LogP contribution in [0, 0.1) is 25.6 Å². The Morgan fingerprint density at radius 3 is 2.70 bits per heavy atom. The van der Waals surface area contributed by atoms with Gasteiger partial charge in [-0.2, -0.15) is 0 Å². The molecule has 3 heterocycles. The number of aryl methyl sites for hydroxylation is 2. The fourth-order valence-corrected chi connectivity index (χ4v) is 4.84. The molecule has 2 fully saturated rings. The highest BCUT2D eigenvalue weighted by Crippen LogP contribution is 2.39. The summed E-state index contributed by atoms with van der Waals surface area (Å²) >= 11 is 0. The number of alkyl halides is 1. The first-order valence-electron chi connectivity index (χ1n) is 12.8. The summed E-state index contributed by atoms with van der Waals surface area (Å²) in [5.41, 5.74) is 2.47. The average Bonchev–Trinajstić information content (AvgIpc) is 3.65. The molecule has 2 N–H and O–H groups in total. The number of carbonyl (C=O) groups excluding carboxylic acids is 2. The van der Waals surface area contributed by atoms with Crippen molar-refractivity contribution in [2.75, 3.05) is 19.7 Å². The Morgan fingerprint density at radius 1 is 1.22 bits per heavy atom. The molecule has 1 saturated heterocycles. The number of nitrogens with zero attached hydrogens (tertiary/aromatic N) is 3. The molecule has 196 valence electrons. The molecule has 37 heavy (non-hydrogen) atoms. The molecule has 1 aliphatic carbocycles. The lowest BCUT2D eigenvalue weighted by molar-refractivity contribution is -0.133. The van der Waals surface area contributed by atoms with Gasteiger partial charge in [0.1, 0.15) is 35.3 Å². The first-order chi connectivity index (χ1) is 17.8. The van der Waals surface area contributed by atoms with Crippen LogP contribution in [-0.2, 0) is 4.79 Å². The van der Waals surface area contributed by atoms with Crippen molar-refractivity contribution in [2.45, 2.75) is 58.7 Å². The molecule has 5 rings (SSSR count). The fraction of sp³-hybridized carbons (Fsp3) is 0.481. The van der Waals surface area contributed by atoms with Gasteiger partial charge >= 0.3 is 0 Å². The van der Waals surface area contributed by atoms with E-state index in [2.05, 4.69) is 20.3 Å². The van der Waals surface area contributed by atoms with Crippen LogP contribution in [0.4, 0.5) is 8.78 Å². The third kappa shape index (κ3) is 4.89. The predicted molar refractivity (Wildman–Crippen MR) is 135 cm³/mol. The summed E-state index contributed by atoms with van der Waals surface area (Å²) in [6.45, 7) is 5.97. The molecule has 0 spiro atoms. The number of piperidine rings is 1.